The third kappa shape index (κ3) is 8.04. The first-order valence-corrected chi connectivity index (χ1v) is 16.6. The number of hydrogen-bond acceptors (Lipinski definition) is 8. The maximum atomic E-state index is 14.1. The zero-order chi connectivity index (χ0) is 31.1. The van der Waals surface area contributed by atoms with Gasteiger partial charge in [-0.3, -0.25) is 4.31 Å². The van der Waals surface area contributed by atoms with Crippen molar-refractivity contribution in [2.45, 2.75) is 31.6 Å². The molecule has 0 atom stereocenters. The van der Waals surface area contributed by atoms with E-state index < -0.39 is 34.6 Å². The van der Waals surface area contributed by atoms with E-state index in [0.717, 1.165) is 11.3 Å². The number of amides is 2. The molecule has 1 saturated heterocycles. The number of aromatic carboxylic acids is 1. The predicted molar refractivity (Wildman–Crippen MR) is 168 cm³/mol. The number of rotatable bonds is 12. The molecule has 230 valence electrons. The Morgan fingerprint density at radius 1 is 1.12 bits per heavy atom. The molecule has 2 aromatic carbocycles. The van der Waals surface area contributed by atoms with Gasteiger partial charge >= 0.3 is 18.0 Å². The maximum absolute atomic E-state index is 14.1. The molecule has 2 amide bonds. The zero-order valence-electron chi connectivity index (χ0n) is 23.1. The number of thiophene rings is 1. The summed E-state index contributed by atoms with van der Waals surface area (Å²) >= 11 is 4.26. The van der Waals surface area contributed by atoms with Crippen LogP contribution in [0.1, 0.15) is 35.0 Å². The average molecular weight is 696 g/mol. The van der Waals surface area contributed by atoms with Crippen LogP contribution in [0, 0.1) is 0 Å². The number of carboxylic acids is 2. The van der Waals surface area contributed by atoms with Crippen LogP contribution in [0.2, 0.25) is 0 Å². The molecule has 0 spiro atoms. The highest BCUT2D eigenvalue weighted by molar-refractivity contribution is 9.10. The molecule has 2 heterocycles. The Hall–Kier alpha value is -3.66. The molecule has 1 aliphatic heterocycles. The van der Waals surface area contributed by atoms with Crippen molar-refractivity contribution in [3.8, 4) is 16.2 Å². The summed E-state index contributed by atoms with van der Waals surface area (Å²) in [6.45, 7) is 2.80. The van der Waals surface area contributed by atoms with E-state index in [1.165, 1.54) is 4.31 Å². The molecule has 4 rings (SSSR count). The van der Waals surface area contributed by atoms with Gasteiger partial charge in [0, 0.05) is 18.3 Å². The van der Waals surface area contributed by atoms with Crippen molar-refractivity contribution in [1.29, 1.82) is 0 Å². The number of sulfonamides is 1. The summed E-state index contributed by atoms with van der Waals surface area (Å²) < 4.78 is 35.2. The number of hydrogen-bond donors (Lipinski definition) is 5. The number of aliphatic carboxylic acids is 1. The normalized spacial score (nSPS) is 13.7. The van der Waals surface area contributed by atoms with Crippen LogP contribution in [0.15, 0.2) is 53.0 Å². The summed E-state index contributed by atoms with van der Waals surface area (Å²) in [5, 5.41) is 27.3. The number of carbonyl (C=O) groups excluding carboxylic acids is 1. The van der Waals surface area contributed by atoms with Crippen LogP contribution in [0.25, 0.3) is 10.4 Å². The van der Waals surface area contributed by atoms with E-state index in [1.54, 1.807) is 55.5 Å². The molecular formula is C28H31BrN4O8S2. The van der Waals surface area contributed by atoms with Crippen LogP contribution in [-0.4, -0.2) is 68.9 Å². The van der Waals surface area contributed by atoms with Crippen molar-refractivity contribution in [2.75, 3.05) is 35.9 Å². The topological polar surface area (TPSA) is 174 Å². The van der Waals surface area contributed by atoms with Crippen molar-refractivity contribution < 1.29 is 37.8 Å². The minimum absolute atomic E-state index is 0.107. The van der Waals surface area contributed by atoms with Crippen LogP contribution in [0.5, 0.6) is 5.75 Å². The lowest BCUT2D eigenvalue weighted by atomic mass is 10.1. The number of halogens is 1. The van der Waals surface area contributed by atoms with Crippen LogP contribution >= 0.6 is 27.3 Å². The van der Waals surface area contributed by atoms with Gasteiger partial charge in [-0.2, -0.15) is 0 Å². The number of benzene rings is 2. The minimum atomic E-state index is -3.94. The molecule has 1 aliphatic rings. The number of ether oxygens (including phenoxy) is 1. The number of piperidine rings is 1. The van der Waals surface area contributed by atoms with Gasteiger partial charge in [-0.05, 0) is 84.2 Å². The monoisotopic (exact) mass is 694 g/mol. The van der Waals surface area contributed by atoms with Gasteiger partial charge in [0.2, 0.25) is 10.0 Å². The van der Waals surface area contributed by atoms with Gasteiger partial charge in [-0.25, -0.2) is 22.8 Å². The molecule has 3 aromatic rings. The van der Waals surface area contributed by atoms with Crippen LogP contribution < -0.4 is 25.0 Å². The Bertz CT molecular complexity index is 1610. The Balaban J connectivity index is 1.71. The van der Waals surface area contributed by atoms with Crippen LogP contribution in [0.4, 0.5) is 16.2 Å². The zero-order valence-corrected chi connectivity index (χ0v) is 26.4. The predicted octanol–water partition coefficient (Wildman–Crippen LogP) is 4.57. The highest BCUT2D eigenvalue weighted by Crippen LogP contribution is 2.46. The summed E-state index contributed by atoms with van der Waals surface area (Å²) in [5.41, 5.74) is 1.90. The van der Waals surface area contributed by atoms with E-state index >= 15 is 0 Å². The summed E-state index contributed by atoms with van der Waals surface area (Å²) in [5.74, 6) is -2.96. The van der Waals surface area contributed by atoms with E-state index in [2.05, 4.69) is 31.9 Å². The van der Waals surface area contributed by atoms with Crippen molar-refractivity contribution in [1.82, 2.24) is 10.6 Å². The number of nitrogens with zero attached hydrogens (tertiary/aromatic N) is 1. The van der Waals surface area contributed by atoms with E-state index in [-0.39, 0.29) is 26.9 Å². The van der Waals surface area contributed by atoms with Gasteiger partial charge in [-0.1, -0.05) is 24.3 Å². The van der Waals surface area contributed by atoms with Gasteiger partial charge in [-0.15, -0.1) is 11.3 Å². The highest BCUT2D eigenvalue weighted by atomic mass is 79.9. The minimum Gasteiger partial charge on any atom is -0.479 e. The lowest BCUT2D eigenvalue weighted by Gasteiger charge is -2.35. The summed E-state index contributed by atoms with van der Waals surface area (Å²) in [6.07, 6.45) is 1.17. The van der Waals surface area contributed by atoms with Gasteiger partial charge < -0.3 is 30.9 Å². The van der Waals surface area contributed by atoms with E-state index in [0.29, 0.717) is 59.9 Å². The van der Waals surface area contributed by atoms with E-state index in [4.69, 9.17) is 9.84 Å². The molecule has 1 aromatic heterocycles. The number of carbonyl (C=O) groups is 3. The molecule has 43 heavy (non-hydrogen) atoms. The average Bonchev–Trinajstić information content (AvgIpc) is 3.29. The standard InChI is InChI=1S/C28H31BrN4O8S2/c1-2-31-28(38)32-19-7-3-5-17(13-19)16-43(39,40)33(20-9-11-30-12-10-20)21-8-4-6-18(14-21)25-23(29)24(41-15-22(34)35)26(42-25)27(36)37/h3-8,13-14,20,30H,2,9-12,15-16H2,1H3,(H,34,35)(H,36,37)(H2,31,32,38). The molecule has 0 aliphatic carbocycles. The van der Waals surface area contributed by atoms with Gasteiger partial charge in [0.25, 0.3) is 0 Å². The van der Waals surface area contributed by atoms with Crippen molar-refractivity contribution in [2.24, 2.45) is 0 Å². The molecule has 0 radical (unpaired) electrons. The first kappa shape index (κ1) is 32.3. The summed E-state index contributed by atoms with van der Waals surface area (Å²) in [7, 11) is -3.94. The van der Waals surface area contributed by atoms with Gasteiger partial charge in [0.1, 0.15) is 0 Å². The molecule has 1 fully saturated rings. The first-order valence-electron chi connectivity index (χ1n) is 13.4. The van der Waals surface area contributed by atoms with Crippen molar-refractivity contribution >= 4 is 66.6 Å². The molecule has 0 saturated carbocycles. The van der Waals surface area contributed by atoms with Crippen molar-refractivity contribution in [3.05, 3.63) is 63.4 Å². The van der Waals surface area contributed by atoms with Crippen LogP contribution in [-0.2, 0) is 20.6 Å². The van der Waals surface area contributed by atoms with E-state index in [1.807, 2.05) is 0 Å². The lowest BCUT2D eigenvalue weighted by Crippen LogP contribution is -2.46. The summed E-state index contributed by atoms with van der Waals surface area (Å²) in [6, 6.07) is 12.7. The van der Waals surface area contributed by atoms with Crippen LogP contribution in [0.3, 0.4) is 0 Å². The second-order valence-corrected chi connectivity index (χ2v) is 13.3. The molecule has 15 heteroatoms. The van der Waals surface area contributed by atoms with E-state index in [9.17, 15) is 27.9 Å². The lowest BCUT2D eigenvalue weighted by molar-refractivity contribution is -0.139. The Labute approximate surface area is 261 Å². The fourth-order valence-corrected chi connectivity index (χ4v) is 8.49. The van der Waals surface area contributed by atoms with Gasteiger partial charge in [0.05, 0.1) is 20.8 Å². The molecule has 0 unspecified atom stereocenters. The summed E-state index contributed by atoms with van der Waals surface area (Å²) in [4.78, 5) is 35.2. The third-order valence-electron chi connectivity index (χ3n) is 6.52. The Kier molecular flexibility index (Phi) is 10.7. The first-order chi connectivity index (χ1) is 20.5. The van der Waals surface area contributed by atoms with Crippen molar-refractivity contribution in [3.63, 3.8) is 0 Å². The number of carboxylic acid groups (broad SMARTS) is 2. The third-order valence-corrected chi connectivity index (χ3v) is 10.6. The SMILES string of the molecule is CCNC(=O)Nc1cccc(CS(=O)(=O)N(c2cccc(-c3sc(C(=O)O)c(OCC(=O)O)c3Br)c2)C2CCNCC2)c1. The molecule has 0 bridgehead atoms. The second kappa shape index (κ2) is 14.2. The highest BCUT2D eigenvalue weighted by Gasteiger charge is 2.32. The second-order valence-electron chi connectivity index (χ2n) is 9.66. The fraction of sp³-hybridized carbons (Fsp3) is 0.321. The maximum Gasteiger partial charge on any atom is 0.349 e. The largest absolute Gasteiger partial charge is 0.479 e. The molecule has 12 nitrogen and oxygen atoms in total. The Morgan fingerprint density at radius 3 is 2.51 bits per heavy atom. The smallest absolute Gasteiger partial charge is 0.349 e. The van der Waals surface area contributed by atoms with Gasteiger partial charge in [0.15, 0.2) is 17.2 Å². The number of nitrogens with one attached hydrogen (secondary N) is 3. The number of anilines is 2. The molecule has 5 N–H and O–H groups in total. The fourth-order valence-electron chi connectivity index (χ4n) is 4.76. The number of urea groups is 1. The Morgan fingerprint density at radius 2 is 1.84 bits per heavy atom. The molecular weight excluding hydrogens is 664 g/mol. The quantitative estimate of drug-likeness (QED) is 0.182.